The van der Waals surface area contributed by atoms with E-state index in [-0.39, 0.29) is 18.8 Å². The molecule has 3 unspecified atom stereocenters. The van der Waals surface area contributed by atoms with E-state index in [1.165, 1.54) is 4.57 Å². The van der Waals surface area contributed by atoms with Crippen LogP contribution < -0.4 is 16.2 Å². The molecule has 0 radical (unpaired) electrons. The Kier molecular flexibility index (Phi) is 7.02. The van der Waals surface area contributed by atoms with E-state index in [0.29, 0.717) is 29.3 Å². The number of nitrogens with one attached hydrogen (secondary N) is 1. The number of hydrogen-bond acceptors (Lipinski definition) is 6. The van der Waals surface area contributed by atoms with Crippen molar-refractivity contribution in [2.24, 2.45) is 0 Å². The number of carbonyl (C=O) groups is 1. The molecule has 1 aliphatic heterocycles. The van der Waals surface area contributed by atoms with Crippen molar-refractivity contribution in [1.29, 1.82) is 0 Å². The van der Waals surface area contributed by atoms with Crippen molar-refractivity contribution >= 4 is 31.4 Å². The van der Waals surface area contributed by atoms with Gasteiger partial charge in [-0.3, -0.25) is 14.2 Å². The number of ether oxygens (including phenoxy) is 1. The molecule has 2 N–H and O–H groups in total. The zero-order valence-electron chi connectivity index (χ0n) is 17.0. The Balaban J connectivity index is 1.89. The van der Waals surface area contributed by atoms with Gasteiger partial charge in [0.2, 0.25) is 5.75 Å². The summed E-state index contributed by atoms with van der Waals surface area (Å²) in [7, 11) is 4.54. The normalized spacial score (nSPS) is 16.9. The Bertz CT molecular complexity index is 1060. The highest BCUT2D eigenvalue weighted by atomic mass is 32.2. The third-order valence-corrected chi connectivity index (χ3v) is 6.51. The van der Waals surface area contributed by atoms with Crippen LogP contribution >= 0.6 is 9.24 Å². The second-order valence-corrected chi connectivity index (χ2v) is 9.34. The van der Waals surface area contributed by atoms with E-state index >= 15 is 0 Å². The first kappa shape index (κ1) is 22.6. The number of carbonyl (C=O) groups excluding carboxylic acids is 1. The highest BCUT2D eigenvalue weighted by Crippen LogP contribution is 2.24. The lowest BCUT2D eigenvalue weighted by molar-refractivity contribution is 0.0113. The zero-order chi connectivity index (χ0) is 22.0. The van der Waals surface area contributed by atoms with Gasteiger partial charge in [0.1, 0.15) is 22.9 Å². The van der Waals surface area contributed by atoms with Crippen LogP contribution in [-0.4, -0.2) is 49.8 Å². The van der Waals surface area contributed by atoms with Crippen molar-refractivity contribution in [2.75, 3.05) is 20.7 Å². The molecule has 0 fully saturated rings. The fourth-order valence-corrected chi connectivity index (χ4v) is 4.56. The summed E-state index contributed by atoms with van der Waals surface area (Å²) in [6.07, 6.45) is 0.168. The first-order valence-electron chi connectivity index (χ1n) is 9.45. The number of amides is 1. The fourth-order valence-electron chi connectivity index (χ4n) is 3.18. The van der Waals surface area contributed by atoms with E-state index in [0.717, 1.165) is 5.30 Å². The van der Waals surface area contributed by atoms with Crippen LogP contribution in [0.15, 0.2) is 27.9 Å². The third-order valence-electron chi connectivity index (χ3n) is 4.73. The van der Waals surface area contributed by atoms with Crippen LogP contribution in [0.5, 0.6) is 5.75 Å². The lowest BCUT2D eigenvalue weighted by Gasteiger charge is -2.26. The molecule has 1 aliphatic rings. The Hall–Kier alpha value is -2.13. The zero-order valence-corrected chi connectivity index (χ0v) is 19.0. The van der Waals surface area contributed by atoms with E-state index in [1.807, 2.05) is 13.0 Å². The maximum Gasteiger partial charge on any atom is 0.296 e. The number of aromatic hydroxyl groups is 1. The van der Waals surface area contributed by atoms with Crippen LogP contribution in [0.2, 0.25) is 0 Å². The molecular formula is C19H25N4O5PS. The number of fused-ring (bicyclic) bond motifs is 1. The summed E-state index contributed by atoms with van der Waals surface area (Å²) in [5, 5.41) is 13.8. The molecule has 11 heteroatoms. The van der Waals surface area contributed by atoms with Gasteiger partial charge < -0.3 is 15.2 Å². The summed E-state index contributed by atoms with van der Waals surface area (Å²) in [5.74, 6) is -1.05. The summed E-state index contributed by atoms with van der Waals surface area (Å²) >= 11 is 0. The molecule has 0 saturated heterocycles. The van der Waals surface area contributed by atoms with Crippen LogP contribution in [0.1, 0.15) is 41.3 Å². The maximum atomic E-state index is 12.7. The number of benzene rings is 1. The molecule has 9 nitrogen and oxygen atoms in total. The van der Waals surface area contributed by atoms with E-state index in [1.54, 1.807) is 30.5 Å². The molecule has 0 bridgehead atoms. The predicted octanol–water partition coefficient (Wildman–Crippen LogP) is 0.445. The van der Waals surface area contributed by atoms with Crippen molar-refractivity contribution < 1.29 is 18.8 Å². The van der Waals surface area contributed by atoms with E-state index < -0.39 is 34.3 Å². The van der Waals surface area contributed by atoms with Crippen molar-refractivity contribution in [1.82, 2.24) is 19.2 Å². The molecule has 1 amide bonds. The first-order valence-corrected chi connectivity index (χ1v) is 11.1. The van der Waals surface area contributed by atoms with E-state index in [2.05, 4.69) is 19.5 Å². The molecule has 162 valence electrons. The third kappa shape index (κ3) is 4.46. The molecule has 2 aromatic rings. The largest absolute Gasteiger partial charge is 0.501 e. The van der Waals surface area contributed by atoms with Gasteiger partial charge in [0.25, 0.3) is 11.5 Å². The number of rotatable bonds is 6. The lowest BCUT2D eigenvalue weighted by Crippen LogP contribution is -2.36. The fraction of sp³-hybridized carbons (Fsp3) is 0.421. The topological polar surface area (TPSA) is 114 Å². The second kappa shape index (κ2) is 9.34. The maximum absolute atomic E-state index is 12.7. The second-order valence-electron chi connectivity index (χ2n) is 7.00. The number of hydrogen-bond donors (Lipinski definition) is 2. The molecule has 30 heavy (non-hydrogen) atoms. The van der Waals surface area contributed by atoms with E-state index in [4.69, 9.17) is 4.74 Å². The molecule has 0 saturated carbocycles. The van der Waals surface area contributed by atoms with Gasteiger partial charge in [-0.25, -0.2) is 13.5 Å². The predicted molar refractivity (Wildman–Crippen MR) is 116 cm³/mol. The average molecular weight is 452 g/mol. The van der Waals surface area contributed by atoms with Crippen LogP contribution in [-0.2, 0) is 28.8 Å². The van der Waals surface area contributed by atoms with Gasteiger partial charge in [-0.2, -0.15) is 0 Å². The van der Waals surface area contributed by atoms with Crippen molar-refractivity contribution in [2.45, 2.75) is 37.4 Å². The summed E-state index contributed by atoms with van der Waals surface area (Å²) in [6.45, 7) is 2.57. The monoisotopic (exact) mass is 452 g/mol. The smallest absolute Gasteiger partial charge is 0.296 e. The van der Waals surface area contributed by atoms with Crippen LogP contribution in [0.4, 0.5) is 0 Å². The highest BCUT2D eigenvalue weighted by Gasteiger charge is 2.28. The Morgan fingerprint density at radius 3 is 2.87 bits per heavy atom. The average Bonchev–Trinajstić information content (AvgIpc) is 2.73. The van der Waals surface area contributed by atoms with Crippen LogP contribution in [0.3, 0.4) is 0 Å². The Labute approximate surface area is 179 Å². The number of nitrogens with zero attached hydrogens (tertiary/aromatic N) is 3. The SMILES string of the molecule is CCC1OCCn2c1nc(C(=O)NCc1ccc(P)cc1S(=O)N(C)C)c(O)c2=O. The molecule has 0 aliphatic carbocycles. The first-order chi connectivity index (χ1) is 14.2. The molecule has 3 atom stereocenters. The van der Waals surface area contributed by atoms with Crippen LogP contribution in [0.25, 0.3) is 0 Å². The van der Waals surface area contributed by atoms with E-state index in [9.17, 15) is 18.9 Å². The minimum absolute atomic E-state index is 0.0614. The quantitative estimate of drug-likeness (QED) is 0.615. The highest BCUT2D eigenvalue weighted by molar-refractivity contribution is 7.82. The molecule has 3 rings (SSSR count). The molecular weight excluding hydrogens is 427 g/mol. The minimum Gasteiger partial charge on any atom is -0.501 e. The van der Waals surface area contributed by atoms with Gasteiger partial charge in [0, 0.05) is 6.54 Å². The Morgan fingerprint density at radius 2 is 2.20 bits per heavy atom. The van der Waals surface area contributed by atoms with Crippen LogP contribution in [0, 0.1) is 0 Å². The summed E-state index contributed by atoms with van der Waals surface area (Å²) in [4.78, 5) is 30.1. The van der Waals surface area contributed by atoms with Gasteiger partial charge in [0.05, 0.1) is 18.0 Å². The van der Waals surface area contributed by atoms with Gasteiger partial charge in [-0.05, 0) is 37.5 Å². The van der Waals surface area contributed by atoms with Gasteiger partial charge in [-0.15, -0.1) is 9.24 Å². The number of aromatic nitrogens is 2. The van der Waals surface area contributed by atoms with Crippen molar-refractivity contribution in [3.05, 3.63) is 45.6 Å². The van der Waals surface area contributed by atoms with Gasteiger partial charge in [-0.1, -0.05) is 19.1 Å². The van der Waals surface area contributed by atoms with Crippen molar-refractivity contribution in [3.8, 4) is 5.75 Å². The summed E-state index contributed by atoms with van der Waals surface area (Å²) < 4.78 is 21.1. The molecule has 1 aromatic carbocycles. The standard InChI is InChI=1S/C19H25N4O5PS/c1-4-13-17-21-15(16(24)19(26)23(17)7-8-28-13)18(25)20-10-11-5-6-12(29)9-14(11)30(27)22(2)3/h5-6,9,13,24H,4,7-8,10,29H2,1-3H3,(H,20,25). The lowest BCUT2D eigenvalue weighted by atomic mass is 10.2. The molecule has 2 heterocycles. The van der Waals surface area contributed by atoms with Crippen molar-refractivity contribution in [3.63, 3.8) is 0 Å². The molecule has 0 spiro atoms. The van der Waals surface area contributed by atoms with Gasteiger partial charge in [0.15, 0.2) is 5.69 Å². The molecule has 1 aromatic heterocycles. The minimum atomic E-state index is -1.40. The Morgan fingerprint density at radius 1 is 1.47 bits per heavy atom. The summed E-state index contributed by atoms with van der Waals surface area (Å²) in [5.41, 5.74) is -0.340. The van der Waals surface area contributed by atoms with Gasteiger partial charge >= 0.3 is 0 Å². The summed E-state index contributed by atoms with van der Waals surface area (Å²) in [6, 6.07) is 5.37.